The molecule has 2 aromatic carbocycles. The van der Waals surface area contributed by atoms with Gasteiger partial charge in [-0.05, 0) is 37.1 Å². The Hall–Kier alpha value is -0.960. The number of hydrogen-bond acceptors (Lipinski definition) is 2. The zero-order valence-corrected chi connectivity index (χ0v) is 12.8. The van der Waals surface area contributed by atoms with Crippen molar-refractivity contribution in [2.45, 2.75) is 31.0 Å². The molecule has 0 saturated heterocycles. The quantitative estimate of drug-likeness (QED) is 0.826. The molecule has 2 rings (SSSR count). The highest BCUT2D eigenvalue weighted by Gasteiger charge is 2.06. The molecule has 0 atom stereocenters. The maximum atomic E-state index is 6.17. The normalized spacial score (nSPS) is 10.7. The van der Waals surface area contributed by atoms with Gasteiger partial charge < -0.3 is 5.73 Å². The predicted molar refractivity (Wildman–Crippen MR) is 84.8 cm³/mol. The standard InChI is InChI=1S/C16H18ClNS/c1-11-6-12(2)8-13(7-11)10-19-16-5-3-4-15(17)14(16)9-18/h3-8H,9-10,18H2,1-2H3. The van der Waals surface area contributed by atoms with Crippen LogP contribution in [-0.2, 0) is 12.3 Å². The minimum atomic E-state index is 0.481. The van der Waals surface area contributed by atoms with Gasteiger partial charge >= 0.3 is 0 Å². The summed E-state index contributed by atoms with van der Waals surface area (Å²) in [4.78, 5) is 1.18. The molecule has 0 radical (unpaired) electrons. The smallest absolute Gasteiger partial charge is 0.0462 e. The van der Waals surface area contributed by atoms with E-state index in [2.05, 4.69) is 38.1 Å². The molecule has 1 nitrogen and oxygen atoms in total. The summed E-state index contributed by atoms with van der Waals surface area (Å²) in [6, 6.07) is 12.6. The minimum absolute atomic E-state index is 0.481. The molecule has 2 aromatic rings. The number of thioether (sulfide) groups is 1. The zero-order valence-electron chi connectivity index (χ0n) is 11.2. The number of benzene rings is 2. The molecule has 0 fully saturated rings. The summed E-state index contributed by atoms with van der Waals surface area (Å²) < 4.78 is 0. The van der Waals surface area contributed by atoms with E-state index in [9.17, 15) is 0 Å². The lowest BCUT2D eigenvalue weighted by Crippen LogP contribution is -1.99. The average Bonchev–Trinajstić information content (AvgIpc) is 2.35. The van der Waals surface area contributed by atoms with E-state index < -0.39 is 0 Å². The summed E-state index contributed by atoms with van der Waals surface area (Å²) in [7, 11) is 0. The van der Waals surface area contributed by atoms with Gasteiger partial charge in [0.1, 0.15) is 0 Å². The lowest BCUT2D eigenvalue weighted by Gasteiger charge is -2.10. The van der Waals surface area contributed by atoms with Gasteiger partial charge in [-0.2, -0.15) is 0 Å². The molecule has 19 heavy (non-hydrogen) atoms. The number of hydrogen-bond donors (Lipinski definition) is 1. The number of aryl methyl sites for hydroxylation is 2. The van der Waals surface area contributed by atoms with Gasteiger partial charge in [-0.1, -0.05) is 47.0 Å². The first-order valence-corrected chi connectivity index (χ1v) is 7.64. The lowest BCUT2D eigenvalue weighted by atomic mass is 10.1. The largest absolute Gasteiger partial charge is 0.326 e. The van der Waals surface area contributed by atoms with Crippen LogP contribution in [0, 0.1) is 13.8 Å². The first-order chi connectivity index (χ1) is 9.10. The van der Waals surface area contributed by atoms with Gasteiger partial charge in [0, 0.05) is 22.2 Å². The van der Waals surface area contributed by atoms with Crippen molar-refractivity contribution in [2.24, 2.45) is 5.73 Å². The molecule has 0 bridgehead atoms. The number of nitrogens with two attached hydrogens (primary N) is 1. The van der Waals surface area contributed by atoms with E-state index in [0.29, 0.717) is 6.54 Å². The van der Waals surface area contributed by atoms with Crippen LogP contribution in [0.5, 0.6) is 0 Å². The monoisotopic (exact) mass is 291 g/mol. The van der Waals surface area contributed by atoms with Crippen LogP contribution in [0.25, 0.3) is 0 Å². The molecule has 0 spiro atoms. The van der Waals surface area contributed by atoms with Gasteiger partial charge in [0.05, 0.1) is 0 Å². The van der Waals surface area contributed by atoms with Crippen molar-refractivity contribution in [2.75, 3.05) is 0 Å². The van der Waals surface area contributed by atoms with E-state index in [4.69, 9.17) is 17.3 Å². The lowest BCUT2D eigenvalue weighted by molar-refractivity contribution is 1.03. The fourth-order valence-electron chi connectivity index (χ4n) is 2.19. The second-order valence-corrected chi connectivity index (χ2v) is 6.13. The van der Waals surface area contributed by atoms with Crippen LogP contribution in [-0.4, -0.2) is 0 Å². The molecule has 3 heteroatoms. The Labute approximate surface area is 124 Å². The third-order valence-corrected chi connectivity index (χ3v) is 4.48. The Morgan fingerprint density at radius 2 is 1.79 bits per heavy atom. The zero-order chi connectivity index (χ0) is 13.8. The summed E-state index contributed by atoms with van der Waals surface area (Å²) in [5.74, 6) is 0.940. The van der Waals surface area contributed by atoms with Crippen molar-refractivity contribution >= 4 is 23.4 Å². The van der Waals surface area contributed by atoms with E-state index in [-0.39, 0.29) is 0 Å². The SMILES string of the molecule is Cc1cc(C)cc(CSc2cccc(Cl)c2CN)c1. The second-order valence-electron chi connectivity index (χ2n) is 4.71. The fourth-order valence-corrected chi connectivity index (χ4v) is 3.52. The third-order valence-electron chi connectivity index (χ3n) is 2.96. The highest BCUT2D eigenvalue weighted by atomic mass is 35.5. The van der Waals surface area contributed by atoms with Crippen molar-refractivity contribution < 1.29 is 0 Å². The summed E-state index contributed by atoms with van der Waals surface area (Å²) >= 11 is 7.96. The second kappa shape index (κ2) is 6.47. The summed E-state index contributed by atoms with van der Waals surface area (Å²) in [6.07, 6.45) is 0. The van der Waals surface area contributed by atoms with Gasteiger partial charge in [0.15, 0.2) is 0 Å². The van der Waals surface area contributed by atoms with Crippen LogP contribution in [0.2, 0.25) is 5.02 Å². The van der Waals surface area contributed by atoms with Crippen LogP contribution in [0.4, 0.5) is 0 Å². The molecular formula is C16H18ClNS. The van der Waals surface area contributed by atoms with Crippen LogP contribution in [0.3, 0.4) is 0 Å². The summed E-state index contributed by atoms with van der Waals surface area (Å²) in [5, 5.41) is 0.757. The molecule has 0 amide bonds. The molecule has 0 heterocycles. The number of rotatable bonds is 4. The van der Waals surface area contributed by atoms with Gasteiger partial charge in [-0.15, -0.1) is 11.8 Å². The first kappa shape index (κ1) is 14.4. The molecule has 0 aromatic heterocycles. The van der Waals surface area contributed by atoms with E-state index >= 15 is 0 Å². The predicted octanol–water partition coefficient (Wildman–Crippen LogP) is 4.71. The molecule has 0 unspecified atom stereocenters. The molecule has 0 aliphatic heterocycles. The molecule has 0 aliphatic carbocycles. The Bertz CT molecular complexity index is 561. The van der Waals surface area contributed by atoms with E-state index in [1.54, 1.807) is 11.8 Å². The van der Waals surface area contributed by atoms with Crippen molar-refractivity contribution in [1.29, 1.82) is 0 Å². The minimum Gasteiger partial charge on any atom is -0.326 e. The van der Waals surface area contributed by atoms with Gasteiger partial charge in [-0.3, -0.25) is 0 Å². The fraction of sp³-hybridized carbons (Fsp3) is 0.250. The Balaban J connectivity index is 2.16. The van der Waals surface area contributed by atoms with Gasteiger partial charge in [-0.25, -0.2) is 0 Å². The molecule has 0 aliphatic rings. The average molecular weight is 292 g/mol. The van der Waals surface area contributed by atoms with Gasteiger partial charge in [0.25, 0.3) is 0 Å². The molecule has 100 valence electrons. The highest BCUT2D eigenvalue weighted by molar-refractivity contribution is 7.98. The van der Waals surface area contributed by atoms with E-state index in [1.807, 2.05) is 12.1 Å². The van der Waals surface area contributed by atoms with E-state index in [0.717, 1.165) is 16.3 Å². The third kappa shape index (κ3) is 3.75. The summed E-state index contributed by atoms with van der Waals surface area (Å²) in [6.45, 7) is 4.74. The van der Waals surface area contributed by atoms with Crippen LogP contribution in [0.1, 0.15) is 22.3 Å². The summed E-state index contributed by atoms with van der Waals surface area (Å²) in [5.41, 5.74) is 10.8. The van der Waals surface area contributed by atoms with Crippen molar-refractivity contribution in [3.8, 4) is 0 Å². The Kier molecular flexibility index (Phi) is 4.92. The molecule has 2 N–H and O–H groups in total. The Morgan fingerprint density at radius 3 is 2.42 bits per heavy atom. The van der Waals surface area contributed by atoms with Gasteiger partial charge in [0.2, 0.25) is 0 Å². The topological polar surface area (TPSA) is 26.0 Å². The van der Waals surface area contributed by atoms with Crippen molar-refractivity contribution in [3.05, 3.63) is 63.7 Å². The van der Waals surface area contributed by atoms with E-state index in [1.165, 1.54) is 21.6 Å². The number of halogens is 1. The molecule has 0 saturated carbocycles. The highest BCUT2D eigenvalue weighted by Crippen LogP contribution is 2.30. The maximum Gasteiger partial charge on any atom is 0.0462 e. The van der Waals surface area contributed by atoms with Crippen LogP contribution in [0.15, 0.2) is 41.3 Å². The molecular weight excluding hydrogens is 274 g/mol. The first-order valence-electron chi connectivity index (χ1n) is 6.27. The van der Waals surface area contributed by atoms with Crippen molar-refractivity contribution in [3.63, 3.8) is 0 Å². The maximum absolute atomic E-state index is 6.17. The Morgan fingerprint density at radius 1 is 1.11 bits per heavy atom. The van der Waals surface area contributed by atoms with Crippen LogP contribution >= 0.6 is 23.4 Å². The van der Waals surface area contributed by atoms with Crippen molar-refractivity contribution in [1.82, 2.24) is 0 Å². The van der Waals surface area contributed by atoms with Crippen LogP contribution < -0.4 is 5.73 Å².